The molecular formula is C32H40N4O3. The summed E-state index contributed by atoms with van der Waals surface area (Å²) in [5, 5.41) is 32.3. The van der Waals surface area contributed by atoms with E-state index in [-0.39, 0.29) is 17.8 Å². The summed E-state index contributed by atoms with van der Waals surface area (Å²) in [5.74, 6) is 10.3. The van der Waals surface area contributed by atoms with E-state index in [1.807, 2.05) is 43.5 Å². The van der Waals surface area contributed by atoms with Crippen molar-refractivity contribution in [3.8, 4) is 17.6 Å². The van der Waals surface area contributed by atoms with Gasteiger partial charge in [0.2, 0.25) is 0 Å². The molecule has 0 bridgehead atoms. The van der Waals surface area contributed by atoms with Crippen molar-refractivity contribution in [1.29, 1.82) is 0 Å². The van der Waals surface area contributed by atoms with Crippen molar-refractivity contribution in [2.45, 2.75) is 32.1 Å². The van der Waals surface area contributed by atoms with Crippen LogP contribution in [0.3, 0.4) is 0 Å². The van der Waals surface area contributed by atoms with Crippen LogP contribution in [0.1, 0.15) is 37.0 Å². The van der Waals surface area contributed by atoms with Gasteiger partial charge in [-0.05, 0) is 42.7 Å². The molecule has 0 radical (unpaired) electrons. The zero-order chi connectivity index (χ0) is 27.9. The van der Waals surface area contributed by atoms with Crippen molar-refractivity contribution in [3.63, 3.8) is 0 Å². The van der Waals surface area contributed by atoms with Gasteiger partial charge in [-0.25, -0.2) is 5.90 Å². The van der Waals surface area contributed by atoms with Gasteiger partial charge in [-0.2, -0.15) is 0 Å². The number of rotatable bonds is 6. The smallest absolute Gasteiger partial charge is 0.119 e. The van der Waals surface area contributed by atoms with Crippen LogP contribution in [0.4, 0.5) is 0 Å². The molecule has 2 aliphatic rings. The van der Waals surface area contributed by atoms with E-state index < -0.39 is 5.41 Å². The van der Waals surface area contributed by atoms with Gasteiger partial charge in [0.25, 0.3) is 0 Å². The topological polar surface area (TPSA) is 118 Å². The highest BCUT2D eigenvalue weighted by molar-refractivity contribution is 5.83. The number of phenols is 1. The Hall–Kier alpha value is -3.38. The minimum atomic E-state index is -0.650. The second-order valence-electron chi connectivity index (χ2n) is 11.1. The van der Waals surface area contributed by atoms with Gasteiger partial charge in [0.15, 0.2) is 0 Å². The molecule has 206 valence electrons. The molecule has 1 aliphatic carbocycles. The van der Waals surface area contributed by atoms with E-state index in [9.17, 15) is 10.2 Å². The Labute approximate surface area is 231 Å². The summed E-state index contributed by atoms with van der Waals surface area (Å²) in [6.07, 6.45) is 10.3. The highest BCUT2D eigenvalue weighted by Gasteiger charge is 2.30. The summed E-state index contributed by atoms with van der Waals surface area (Å²) < 4.78 is 0. The molecular weight excluding hydrogens is 488 g/mol. The first kappa shape index (κ1) is 28.6. The number of aliphatic hydroxyl groups is 1. The Kier molecular flexibility index (Phi) is 9.28. The average Bonchev–Trinajstić information content (AvgIpc) is 3.37. The van der Waals surface area contributed by atoms with Crippen LogP contribution in [0.15, 0.2) is 72.5 Å². The molecule has 2 unspecified atom stereocenters. The second-order valence-corrected chi connectivity index (χ2v) is 11.1. The van der Waals surface area contributed by atoms with Crippen molar-refractivity contribution in [2.75, 3.05) is 39.3 Å². The van der Waals surface area contributed by atoms with Gasteiger partial charge in [0.1, 0.15) is 5.75 Å². The van der Waals surface area contributed by atoms with Crippen LogP contribution < -0.4 is 11.2 Å². The number of nitrogens with two attached hydrogens (primary N) is 1. The maximum Gasteiger partial charge on any atom is 0.119 e. The lowest BCUT2D eigenvalue weighted by molar-refractivity contribution is 0.178. The first-order chi connectivity index (χ1) is 18.9. The third-order valence-electron chi connectivity index (χ3n) is 7.85. The first-order valence-electron chi connectivity index (χ1n) is 13.5. The number of aromatic hydroxyl groups is 1. The predicted molar refractivity (Wildman–Crippen MR) is 157 cm³/mol. The number of nitrogens with one attached hydrogen (secondary N) is 2. The minimum absolute atomic E-state index is 0.0868. The fraction of sp³-hybridized carbons (Fsp3) is 0.375. The van der Waals surface area contributed by atoms with Gasteiger partial charge in [-0.1, -0.05) is 62.1 Å². The zero-order valence-electron chi connectivity index (χ0n) is 22.9. The largest absolute Gasteiger partial charge is 0.508 e. The SMILES string of the molecule is CC1(CN2CCNCC2)C=CC(C#Cc2ccc(O)c(C(C)(CO)Cc3c[nH]c4ccccc34)c2)=CC1.NO. The van der Waals surface area contributed by atoms with E-state index in [1.54, 1.807) is 6.07 Å². The van der Waals surface area contributed by atoms with E-state index in [4.69, 9.17) is 5.21 Å². The molecule has 7 heteroatoms. The van der Waals surface area contributed by atoms with Crippen LogP contribution in [0, 0.1) is 17.3 Å². The Morgan fingerprint density at radius 3 is 2.59 bits per heavy atom. The summed E-state index contributed by atoms with van der Waals surface area (Å²) in [5.41, 5.74) is 4.24. The Balaban J connectivity index is 0.00000172. The summed E-state index contributed by atoms with van der Waals surface area (Å²) in [4.78, 5) is 5.85. The number of piperazine rings is 1. The van der Waals surface area contributed by atoms with Crippen LogP contribution in [-0.4, -0.2) is 64.6 Å². The highest BCUT2D eigenvalue weighted by Crippen LogP contribution is 2.36. The fourth-order valence-corrected chi connectivity index (χ4v) is 5.54. The molecule has 1 fully saturated rings. The lowest BCUT2D eigenvalue weighted by Gasteiger charge is -2.36. The Morgan fingerprint density at radius 1 is 1.10 bits per heavy atom. The molecule has 7 N–H and O–H groups in total. The number of aliphatic hydroxyl groups excluding tert-OH is 1. The van der Waals surface area contributed by atoms with Gasteiger partial charge in [-0.15, -0.1) is 0 Å². The van der Waals surface area contributed by atoms with Crippen LogP contribution in [0.2, 0.25) is 0 Å². The monoisotopic (exact) mass is 528 g/mol. The van der Waals surface area contributed by atoms with Crippen LogP contribution in [-0.2, 0) is 11.8 Å². The highest BCUT2D eigenvalue weighted by atomic mass is 16.4. The summed E-state index contributed by atoms with van der Waals surface area (Å²) in [6, 6.07) is 13.6. The standard InChI is InChI=1S/C32H37N3O2.H3NO/c1-31(22-35-17-15-33-16-18-35)13-11-24(12-14-31)7-8-25-9-10-30(37)28(19-25)32(2,23-36)20-26-21-34-29-6-4-3-5-27(26)29;1-2/h3-6,9-13,19,21,33-34,36-37H,14-18,20,22-23H2,1-2H3;2H,1H2. The van der Waals surface area contributed by atoms with Crippen LogP contribution in [0.5, 0.6) is 5.75 Å². The number of para-hydroxylation sites is 1. The summed E-state index contributed by atoms with van der Waals surface area (Å²) in [6.45, 7) is 9.65. The molecule has 0 spiro atoms. The van der Waals surface area contributed by atoms with Crippen molar-refractivity contribution in [3.05, 3.63) is 89.2 Å². The zero-order valence-corrected chi connectivity index (χ0v) is 22.9. The molecule has 0 saturated carbocycles. The van der Waals surface area contributed by atoms with Gasteiger partial charge in [0.05, 0.1) is 6.61 Å². The van der Waals surface area contributed by atoms with Crippen molar-refractivity contribution in [2.24, 2.45) is 11.3 Å². The number of hydrogen-bond acceptors (Lipinski definition) is 6. The van der Waals surface area contributed by atoms with Gasteiger partial charge >= 0.3 is 0 Å². The summed E-state index contributed by atoms with van der Waals surface area (Å²) >= 11 is 0. The number of phenolic OH excluding ortho intramolecular Hbond substituents is 1. The normalized spacial score (nSPS) is 20.8. The lowest BCUT2D eigenvalue weighted by Crippen LogP contribution is -2.47. The molecule has 39 heavy (non-hydrogen) atoms. The van der Waals surface area contributed by atoms with Crippen molar-refractivity contribution < 1.29 is 15.4 Å². The molecule has 2 aromatic carbocycles. The van der Waals surface area contributed by atoms with Gasteiger partial charge in [0, 0.05) is 77.4 Å². The molecule has 7 nitrogen and oxygen atoms in total. The molecule has 2 atom stereocenters. The molecule has 1 aliphatic heterocycles. The predicted octanol–water partition coefficient (Wildman–Crippen LogP) is 3.85. The second kappa shape index (κ2) is 12.6. The number of allylic oxidation sites excluding steroid dienone is 3. The maximum atomic E-state index is 10.8. The average molecular weight is 529 g/mol. The van der Waals surface area contributed by atoms with E-state index in [0.29, 0.717) is 12.0 Å². The van der Waals surface area contributed by atoms with Crippen molar-refractivity contribution >= 4 is 10.9 Å². The Morgan fingerprint density at radius 2 is 1.87 bits per heavy atom. The van der Waals surface area contributed by atoms with Gasteiger partial charge in [-0.3, -0.25) is 4.90 Å². The fourth-order valence-electron chi connectivity index (χ4n) is 5.54. The molecule has 1 saturated heterocycles. The molecule has 2 heterocycles. The molecule has 1 aromatic heterocycles. The maximum absolute atomic E-state index is 10.8. The van der Waals surface area contributed by atoms with E-state index in [2.05, 4.69) is 64.2 Å². The molecule has 0 amide bonds. The van der Waals surface area contributed by atoms with E-state index in [1.165, 1.54) is 0 Å². The van der Waals surface area contributed by atoms with Crippen molar-refractivity contribution in [1.82, 2.24) is 15.2 Å². The number of aromatic nitrogens is 1. The van der Waals surface area contributed by atoms with Gasteiger partial charge < -0.3 is 25.7 Å². The summed E-state index contributed by atoms with van der Waals surface area (Å²) in [7, 11) is 0. The lowest BCUT2D eigenvalue weighted by atomic mass is 9.77. The number of aromatic amines is 1. The van der Waals surface area contributed by atoms with E-state index >= 15 is 0 Å². The molecule has 3 aromatic rings. The number of nitrogens with zero attached hydrogens (tertiary/aromatic N) is 1. The van der Waals surface area contributed by atoms with Crippen LogP contribution in [0.25, 0.3) is 10.9 Å². The third-order valence-corrected chi connectivity index (χ3v) is 7.85. The van der Waals surface area contributed by atoms with E-state index in [0.717, 1.165) is 66.7 Å². The quantitative estimate of drug-likeness (QED) is 0.214. The number of fused-ring (bicyclic) bond motifs is 1. The number of benzene rings is 2. The number of H-pyrrole nitrogens is 1. The number of hydrogen-bond donors (Lipinski definition) is 6. The minimum Gasteiger partial charge on any atom is -0.508 e. The molecule has 5 rings (SSSR count). The Bertz CT molecular complexity index is 1390. The van der Waals surface area contributed by atoms with Crippen LogP contribution >= 0.6 is 0 Å². The third kappa shape index (κ3) is 6.80. The first-order valence-corrected chi connectivity index (χ1v) is 13.5.